The third-order valence-corrected chi connectivity index (χ3v) is 4.55. The number of hydrogen-bond donors (Lipinski definition) is 2. The molecule has 7 heteroatoms. The van der Waals surface area contributed by atoms with E-state index in [4.69, 9.17) is 0 Å². The number of carbonyl (C=O) groups is 2. The van der Waals surface area contributed by atoms with Crippen LogP contribution in [-0.2, 0) is 22.7 Å². The number of carbonyl (C=O) groups excluding carboxylic acids is 1. The second-order valence-electron chi connectivity index (χ2n) is 6.56. The molecular formula is C19H22N4O3. The van der Waals surface area contributed by atoms with E-state index in [1.807, 2.05) is 35.2 Å². The molecule has 26 heavy (non-hydrogen) atoms. The molecule has 2 atom stereocenters. The van der Waals surface area contributed by atoms with Crippen molar-refractivity contribution in [2.45, 2.75) is 19.5 Å². The van der Waals surface area contributed by atoms with E-state index >= 15 is 0 Å². The number of amides is 1. The first-order valence-corrected chi connectivity index (χ1v) is 8.63. The molecule has 0 spiro atoms. The second kappa shape index (κ2) is 8.53. The van der Waals surface area contributed by atoms with E-state index in [0.29, 0.717) is 32.6 Å². The third-order valence-electron chi connectivity index (χ3n) is 4.55. The summed E-state index contributed by atoms with van der Waals surface area (Å²) in [5, 5.41) is 12.3. The average molecular weight is 354 g/mol. The van der Waals surface area contributed by atoms with Crippen LogP contribution in [0.2, 0.25) is 0 Å². The number of carboxylic acid groups (broad SMARTS) is 1. The highest BCUT2D eigenvalue weighted by atomic mass is 16.4. The first-order valence-electron chi connectivity index (χ1n) is 8.63. The van der Waals surface area contributed by atoms with E-state index < -0.39 is 11.9 Å². The Hall–Kier alpha value is -2.80. The van der Waals surface area contributed by atoms with Gasteiger partial charge in [0, 0.05) is 44.8 Å². The van der Waals surface area contributed by atoms with Crippen molar-refractivity contribution in [3.8, 4) is 0 Å². The summed E-state index contributed by atoms with van der Waals surface area (Å²) < 4.78 is 0. The van der Waals surface area contributed by atoms with Gasteiger partial charge >= 0.3 is 5.97 Å². The number of hydrogen-bond acceptors (Lipinski definition) is 5. The van der Waals surface area contributed by atoms with Crippen LogP contribution >= 0.6 is 0 Å². The monoisotopic (exact) mass is 354 g/mol. The number of likely N-dealkylation sites (tertiary alicyclic amines) is 1. The first-order chi connectivity index (χ1) is 12.6. The van der Waals surface area contributed by atoms with Crippen molar-refractivity contribution < 1.29 is 14.7 Å². The summed E-state index contributed by atoms with van der Waals surface area (Å²) in [5.74, 6) is -1.89. The van der Waals surface area contributed by atoms with Crippen molar-refractivity contribution in [2.75, 3.05) is 13.1 Å². The van der Waals surface area contributed by atoms with Crippen LogP contribution in [0.25, 0.3) is 0 Å². The van der Waals surface area contributed by atoms with Gasteiger partial charge in [0.25, 0.3) is 0 Å². The Morgan fingerprint density at radius 3 is 2.69 bits per heavy atom. The lowest BCUT2D eigenvalue weighted by molar-refractivity contribution is -0.145. The minimum absolute atomic E-state index is 0.120. The molecule has 0 bridgehead atoms. The Morgan fingerprint density at radius 2 is 2.00 bits per heavy atom. The van der Waals surface area contributed by atoms with Gasteiger partial charge in [-0.3, -0.25) is 24.5 Å². The lowest BCUT2D eigenvalue weighted by Gasteiger charge is -2.35. The van der Waals surface area contributed by atoms with Crippen molar-refractivity contribution in [1.82, 2.24) is 20.2 Å². The summed E-state index contributed by atoms with van der Waals surface area (Å²) in [6, 6.07) is 9.36. The van der Waals surface area contributed by atoms with E-state index in [1.54, 1.807) is 18.6 Å². The average Bonchev–Trinajstić information content (AvgIpc) is 2.67. The van der Waals surface area contributed by atoms with Gasteiger partial charge in [-0.1, -0.05) is 12.1 Å². The molecule has 0 aliphatic carbocycles. The van der Waals surface area contributed by atoms with Gasteiger partial charge in [-0.15, -0.1) is 0 Å². The van der Waals surface area contributed by atoms with E-state index in [2.05, 4.69) is 15.3 Å². The largest absolute Gasteiger partial charge is 0.481 e. The number of carboxylic acids is 1. The minimum atomic E-state index is -0.860. The number of pyridine rings is 2. The van der Waals surface area contributed by atoms with Gasteiger partial charge in [0.05, 0.1) is 17.5 Å². The van der Waals surface area contributed by atoms with E-state index in [0.717, 1.165) is 11.3 Å². The zero-order valence-corrected chi connectivity index (χ0v) is 14.4. The lowest BCUT2D eigenvalue weighted by atomic mass is 9.88. The highest BCUT2D eigenvalue weighted by Crippen LogP contribution is 2.24. The van der Waals surface area contributed by atoms with Crippen molar-refractivity contribution in [3.63, 3.8) is 0 Å². The van der Waals surface area contributed by atoms with Crippen molar-refractivity contribution in [2.24, 2.45) is 11.8 Å². The normalized spacial score (nSPS) is 20.5. The predicted octanol–water partition coefficient (Wildman–Crippen LogP) is 1.32. The molecule has 1 amide bonds. The van der Waals surface area contributed by atoms with Gasteiger partial charge in [-0.25, -0.2) is 0 Å². The number of piperidine rings is 1. The van der Waals surface area contributed by atoms with Gasteiger partial charge in [0.2, 0.25) is 5.91 Å². The minimum Gasteiger partial charge on any atom is -0.481 e. The van der Waals surface area contributed by atoms with Crippen LogP contribution in [0.4, 0.5) is 0 Å². The molecule has 2 aromatic heterocycles. The van der Waals surface area contributed by atoms with Crippen LogP contribution in [0.15, 0.2) is 48.9 Å². The molecule has 1 fully saturated rings. The van der Waals surface area contributed by atoms with Crippen molar-refractivity contribution in [1.29, 1.82) is 0 Å². The highest BCUT2D eigenvalue weighted by Gasteiger charge is 2.35. The molecule has 0 radical (unpaired) electrons. The molecule has 1 aliphatic heterocycles. The third kappa shape index (κ3) is 4.86. The maximum atomic E-state index is 12.6. The molecule has 136 valence electrons. The molecule has 7 nitrogen and oxygen atoms in total. The van der Waals surface area contributed by atoms with Crippen LogP contribution in [0, 0.1) is 11.8 Å². The highest BCUT2D eigenvalue weighted by molar-refractivity contribution is 5.80. The molecule has 3 rings (SSSR count). The molecule has 0 unspecified atom stereocenters. The summed E-state index contributed by atoms with van der Waals surface area (Å²) in [6.07, 6.45) is 5.45. The molecule has 0 aromatic carbocycles. The quantitative estimate of drug-likeness (QED) is 0.812. The second-order valence-corrected chi connectivity index (χ2v) is 6.56. The zero-order valence-electron chi connectivity index (χ0n) is 14.4. The SMILES string of the molecule is O=C(O)[C@H]1C[C@@H](C(=O)NCc2cccnc2)CN(Cc2ccccn2)C1. The Balaban J connectivity index is 1.63. The molecule has 3 heterocycles. The summed E-state index contributed by atoms with van der Waals surface area (Å²) in [6.45, 7) is 1.88. The smallest absolute Gasteiger partial charge is 0.307 e. The fraction of sp³-hybridized carbons (Fsp3) is 0.368. The van der Waals surface area contributed by atoms with Crippen molar-refractivity contribution >= 4 is 11.9 Å². The summed E-state index contributed by atoms with van der Waals surface area (Å²) in [7, 11) is 0. The maximum absolute atomic E-state index is 12.6. The van der Waals surface area contributed by atoms with E-state index in [9.17, 15) is 14.7 Å². The molecule has 2 aromatic rings. The standard InChI is InChI=1S/C19H22N4O3/c24-18(22-10-14-4-3-6-20-9-14)15-8-16(19(25)26)12-23(11-15)13-17-5-1-2-7-21-17/h1-7,9,15-16H,8,10-13H2,(H,22,24)(H,25,26)/t15-,16+/m1/s1. The number of nitrogens with zero attached hydrogens (tertiary/aromatic N) is 3. The Morgan fingerprint density at radius 1 is 1.15 bits per heavy atom. The predicted molar refractivity (Wildman–Crippen MR) is 94.8 cm³/mol. The lowest BCUT2D eigenvalue weighted by Crippen LogP contribution is -2.47. The molecule has 1 aliphatic rings. The van der Waals surface area contributed by atoms with E-state index in [1.165, 1.54) is 0 Å². The van der Waals surface area contributed by atoms with Crippen LogP contribution in [0.1, 0.15) is 17.7 Å². The molecule has 1 saturated heterocycles. The summed E-state index contributed by atoms with van der Waals surface area (Å²) in [4.78, 5) is 34.4. The maximum Gasteiger partial charge on any atom is 0.307 e. The number of aromatic nitrogens is 2. The van der Waals surface area contributed by atoms with Gasteiger partial charge in [-0.2, -0.15) is 0 Å². The number of rotatable bonds is 6. The first kappa shape index (κ1) is 18.0. The van der Waals surface area contributed by atoms with Crippen LogP contribution in [0.3, 0.4) is 0 Å². The Labute approximate surface area is 152 Å². The van der Waals surface area contributed by atoms with Gasteiger partial charge < -0.3 is 10.4 Å². The van der Waals surface area contributed by atoms with Gasteiger partial charge in [0.15, 0.2) is 0 Å². The topological polar surface area (TPSA) is 95.4 Å². The Kier molecular flexibility index (Phi) is 5.91. The number of nitrogens with one attached hydrogen (secondary N) is 1. The number of aliphatic carboxylic acids is 1. The Bertz CT molecular complexity index is 739. The summed E-state index contributed by atoms with van der Waals surface area (Å²) in [5.41, 5.74) is 1.78. The van der Waals surface area contributed by atoms with Crippen LogP contribution in [0.5, 0.6) is 0 Å². The molecular weight excluding hydrogens is 332 g/mol. The van der Waals surface area contributed by atoms with Gasteiger partial charge in [0.1, 0.15) is 0 Å². The zero-order chi connectivity index (χ0) is 18.4. The summed E-state index contributed by atoms with van der Waals surface area (Å²) >= 11 is 0. The molecule has 2 N–H and O–H groups in total. The fourth-order valence-electron chi connectivity index (χ4n) is 3.25. The van der Waals surface area contributed by atoms with Crippen LogP contribution in [-0.4, -0.2) is 44.9 Å². The van der Waals surface area contributed by atoms with Crippen molar-refractivity contribution in [3.05, 3.63) is 60.2 Å². The fourth-order valence-corrected chi connectivity index (χ4v) is 3.25. The van der Waals surface area contributed by atoms with Crippen LogP contribution < -0.4 is 5.32 Å². The van der Waals surface area contributed by atoms with Gasteiger partial charge in [-0.05, 0) is 30.2 Å². The molecule has 0 saturated carbocycles. The van der Waals surface area contributed by atoms with E-state index in [-0.39, 0.29) is 11.8 Å².